The second-order valence-corrected chi connectivity index (χ2v) is 6.05. The van der Waals surface area contributed by atoms with Gasteiger partial charge in [0.15, 0.2) is 0 Å². The Bertz CT molecular complexity index is 433. The van der Waals surface area contributed by atoms with E-state index in [1.807, 2.05) is 13.0 Å². The van der Waals surface area contributed by atoms with Crippen molar-refractivity contribution in [3.63, 3.8) is 0 Å². The molecule has 0 fully saturated rings. The van der Waals surface area contributed by atoms with E-state index < -0.39 is 0 Å². The fourth-order valence-corrected chi connectivity index (χ4v) is 1.47. The lowest BCUT2D eigenvalue weighted by Crippen LogP contribution is -2.33. The molecule has 1 aromatic rings. The molecule has 0 saturated heterocycles. The summed E-state index contributed by atoms with van der Waals surface area (Å²) in [4.78, 5) is 12.0. The maximum absolute atomic E-state index is 12.0. The van der Waals surface area contributed by atoms with Crippen LogP contribution in [-0.2, 0) is 0 Å². The lowest BCUT2D eigenvalue weighted by Gasteiger charge is -2.27. The van der Waals surface area contributed by atoms with Crippen LogP contribution in [0.4, 0.5) is 5.69 Å². The van der Waals surface area contributed by atoms with Crippen molar-refractivity contribution in [3.8, 4) is 0 Å². The van der Waals surface area contributed by atoms with E-state index in [1.54, 1.807) is 12.1 Å². The number of rotatable bonds is 3. The van der Waals surface area contributed by atoms with Crippen molar-refractivity contribution in [2.45, 2.75) is 34.6 Å². The molecule has 0 aromatic heterocycles. The Labute approximate surface area is 110 Å². The fourth-order valence-electron chi connectivity index (χ4n) is 1.47. The van der Waals surface area contributed by atoms with Crippen LogP contribution in [0.5, 0.6) is 0 Å². The smallest absolute Gasteiger partial charge is 0.251 e. The van der Waals surface area contributed by atoms with Gasteiger partial charge in [0.1, 0.15) is 0 Å². The van der Waals surface area contributed by atoms with Crippen molar-refractivity contribution in [2.75, 3.05) is 12.3 Å². The third-order valence-corrected chi connectivity index (χ3v) is 3.58. The van der Waals surface area contributed by atoms with Crippen molar-refractivity contribution in [1.82, 2.24) is 5.32 Å². The first kappa shape index (κ1) is 14.6. The zero-order valence-electron chi connectivity index (χ0n) is 12.0. The molecule has 1 unspecified atom stereocenters. The Morgan fingerprint density at radius 1 is 1.39 bits per heavy atom. The maximum Gasteiger partial charge on any atom is 0.251 e. The number of hydrogen-bond acceptors (Lipinski definition) is 2. The van der Waals surface area contributed by atoms with Crippen molar-refractivity contribution < 1.29 is 4.79 Å². The van der Waals surface area contributed by atoms with E-state index in [0.717, 1.165) is 11.3 Å². The van der Waals surface area contributed by atoms with Gasteiger partial charge in [0.05, 0.1) is 0 Å². The number of nitrogens with two attached hydrogens (primary N) is 1. The second kappa shape index (κ2) is 5.42. The lowest BCUT2D eigenvalue weighted by molar-refractivity contribution is 0.0937. The molecule has 1 rings (SSSR count). The highest BCUT2D eigenvalue weighted by Gasteiger charge is 2.20. The summed E-state index contributed by atoms with van der Waals surface area (Å²) in [6.45, 7) is 11.3. The summed E-state index contributed by atoms with van der Waals surface area (Å²) < 4.78 is 0. The van der Waals surface area contributed by atoms with E-state index in [9.17, 15) is 4.79 Å². The van der Waals surface area contributed by atoms with Gasteiger partial charge in [-0.3, -0.25) is 4.79 Å². The molecule has 0 aliphatic heterocycles. The van der Waals surface area contributed by atoms with Gasteiger partial charge in [-0.1, -0.05) is 27.7 Å². The van der Waals surface area contributed by atoms with Gasteiger partial charge in [-0.25, -0.2) is 0 Å². The van der Waals surface area contributed by atoms with Crippen LogP contribution in [0.1, 0.15) is 43.6 Å². The molecule has 3 N–H and O–H groups in total. The predicted octanol–water partition coefficient (Wildman–Crippen LogP) is 2.99. The third-order valence-electron chi connectivity index (χ3n) is 3.58. The molecule has 100 valence electrons. The minimum atomic E-state index is -0.0331. The summed E-state index contributed by atoms with van der Waals surface area (Å²) in [7, 11) is 0. The van der Waals surface area contributed by atoms with Gasteiger partial charge in [-0.2, -0.15) is 0 Å². The Kier molecular flexibility index (Phi) is 4.38. The first-order valence-electron chi connectivity index (χ1n) is 6.36. The summed E-state index contributed by atoms with van der Waals surface area (Å²) in [5.41, 5.74) is 8.26. The Balaban J connectivity index is 2.63. The summed E-state index contributed by atoms with van der Waals surface area (Å²) in [5, 5.41) is 2.97. The van der Waals surface area contributed by atoms with E-state index in [-0.39, 0.29) is 11.3 Å². The highest BCUT2D eigenvalue weighted by molar-refractivity contribution is 5.94. The van der Waals surface area contributed by atoms with Gasteiger partial charge < -0.3 is 11.1 Å². The molecule has 0 radical (unpaired) electrons. The first-order valence-corrected chi connectivity index (χ1v) is 6.36. The van der Waals surface area contributed by atoms with Gasteiger partial charge in [-0.05, 0) is 42.0 Å². The quantitative estimate of drug-likeness (QED) is 0.808. The number of nitrogen functional groups attached to an aromatic ring is 1. The van der Waals surface area contributed by atoms with Crippen LogP contribution in [0.25, 0.3) is 0 Å². The summed E-state index contributed by atoms with van der Waals surface area (Å²) in [5.74, 6) is 0.394. The molecule has 0 spiro atoms. The van der Waals surface area contributed by atoms with Crippen molar-refractivity contribution in [1.29, 1.82) is 0 Å². The molecule has 0 bridgehead atoms. The predicted molar refractivity (Wildman–Crippen MR) is 76.5 cm³/mol. The van der Waals surface area contributed by atoms with Crippen molar-refractivity contribution in [2.24, 2.45) is 11.3 Å². The van der Waals surface area contributed by atoms with Crippen LogP contribution in [-0.4, -0.2) is 12.5 Å². The molecule has 3 heteroatoms. The van der Waals surface area contributed by atoms with Crippen LogP contribution in [0, 0.1) is 18.3 Å². The standard InChI is InChI=1S/C15H24N2O/c1-10-8-12(6-7-13(10)16)14(18)17-9-11(2)15(3,4)5/h6-8,11H,9,16H2,1-5H3,(H,17,18). The highest BCUT2D eigenvalue weighted by atomic mass is 16.1. The molecular weight excluding hydrogens is 224 g/mol. The Hall–Kier alpha value is -1.51. The van der Waals surface area contributed by atoms with Gasteiger partial charge in [0.2, 0.25) is 0 Å². The van der Waals surface area contributed by atoms with Gasteiger partial charge in [-0.15, -0.1) is 0 Å². The van der Waals surface area contributed by atoms with Gasteiger partial charge in [0, 0.05) is 17.8 Å². The summed E-state index contributed by atoms with van der Waals surface area (Å²) in [6.07, 6.45) is 0. The van der Waals surface area contributed by atoms with E-state index in [1.165, 1.54) is 0 Å². The van der Waals surface area contributed by atoms with E-state index in [4.69, 9.17) is 5.73 Å². The minimum absolute atomic E-state index is 0.0331. The number of benzene rings is 1. The maximum atomic E-state index is 12.0. The largest absolute Gasteiger partial charge is 0.399 e. The highest BCUT2D eigenvalue weighted by Crippen LogP contribution is 2.24. The molecule has 18 heavy (non-hydrogen) atoms. The Morgan fingerprint density at radius 2 is 2.00 bits per heavy atom. The normalized spacial score (nSPS) is 13.2. The molecule has 1 amide bonds. The average Bonchev–Trinajstić information content (AvgIpc) is 2.27. The number of hydrogen-bond donors (Lipinski definition) is 2. The first-order chi connectivity index (χ1) is 8.21. The number of anilines is 1. The molecule has 1 aromatic carbocycles. The summed E-state index contributed by atoms with van der Waals surface area (Å²) >= 11 is 0. The zero-order chi connectivity index (χ0) is 13.9. The van der Waals surface area contributed by atoms with Crippen molar-refractivity contribution in [3.05, 3.63) is 29.3 Å². The monoisotopic (exact) mass is 248 g/mol. The van der Waals surface area contributed by atoms with Crippen LogP contribution < -0.4 is 11.1 Å². The van der Waals surface area contributed by atoms with E-state index in [0.29, 0.717) is 18.0 Å². The minimum Gasteiger partial charge on any atom is -0.399 e. The van der Waals surface area contributed by atoms with Crippen molar-refractivity contribution >= 4 is 11.6 Å². The third kappa shape index (κ3) is 3.76. The number of carbonyl (C=O) groups is 1. The fraction of sp³-hybridized carbons (Fsp3) is 0.533. The number of nitrogens with one attached hydrogen (secondary N) is 1. The molecule has 1 atom stereocenters. The van der Waals surface area contributed by atoms with Crippen LogP contribution in [0.2, 0.25) is 0 Å². The number of amides is 1. The van der Waals surface area contributed by atoms with Crippen LogP contribution >= 0.6 is 0 Å². The molecule has 0 saturated carbocycles. The zero-order valence-corrected chi connectivity index (χ0v) is 12.0. The molecule has 0 aliphatic carbocycles. The molecule has 3 nitrogen and oxygen atoms in total. The van der Waals surface area contributed by atoms with Crippen LogP contribution in [0.15, 0.2) is 18.2 Å². The molecular formula is C15H24N2O. The molecule has 0 aliphatic rings. The SMILES string of the molecule is Cc1cc(C(=O)NCC(C)C(C)(C)C)ccc1N. The Morgan fingerprint density at radius 3 is 2.50 bits per heavy atom. The van der Waals surface area contributed by atoms with E-state index >= 15 is 0 Å². The average molecular weight is 248 g/mol. The number of aryl methyl sites for hydroxylation is 1. The lowest BCUT2D eigenvalue weighted by atomic mass is 9.82. The van der Waals surface area contributed by atoms with Gasteiger partial charge >= 0.3 is 0 Å². The molecule has 0 heterocycles. The summed E-state index contributed by atoms with van der Waals surface area (Å²) in [6, 6.07) is 5.36. The van der Waals surface area contributed by atoms with Gasteiger partial charge in [0.25, 0.3) is 5.91 Å². The topological polar surface area (TPSA) is 55.1 Å². The number of carbonyl (C=O) groups excluding carboxylic acids is 1. The van der Waals surface area contributed by atoms with E-state index in [2.05, 4.69) is 33.0 Å². The second-order valence-electron chi connectivity index (χ2n) is 6.05. The van der Waals surface area contributed by atoms with Crippen LogP contribution in [0.3, 0.4) is 0 Å².